The van der Waals surface area contributed by atoms with Gasteiger partial charge in [0, 0.05) is 5.69 Å². The van der Waals surface area contributed by atoms with Gasteiger partial charge in [-0.05, 0) is 56.4 Å². The third-order valence-corrected chi connectivity index (χ3v) is 4.35. The minimum absolute atomic E-state index is 0.133. The Kier molecular flexibility index (Phi) is 3.65. The van der Waals surface area contributed by atoms with Crippen LogP contribution >= 0.6 is 0 Å². The number of hydrogen-bond acceptors (Lipinski definition) is 1. The third-order valence-electron chi connectivity index (χ3n) is 4.35. The van der Waals surface area contributed by atoms with Gasteiger partial charge in [-0.2, -0.15) is 0 Å². The minimum Gasteiger partial charge on any atom is -0.328 e. The second-order valence-electron chi connectivity index (χ2n) is 6.35. The maximum atomic E-state index is 12.3. The van der Waals surface area contributed by atoms with Crippen molar-refractivity contribution < 1.29 is 4.79 Å². The summed E-state index contributed by atoms with van der Waals surface area (Å²) in [5.41, 5.74) is 5.32. The van der Waals surface area contributed by atoms with E-state index in [4.69, 9.17) is 0 Å². The number of aryl methyl sites for hydroxylation is 3. The Balaban J connectivity index is 1.71. The highest BCUT2D eigenvalue weighted by atomic mass is 16.2. The lowest BCUT2D eigenvalue weighted by molar-refractivity contribution is 0.247. The first kappa shape index (κ1) is 14.6. The van der Waals surface area contributed by atoms with Crippen LogP contribution in [0.25, 0.3) is 0 Å². The summed E-state index contributed by atoms with van der Waals surface area (Å²) in [6, 6.07) is 14.4. The second-order valence-corrected chi connectivity index (χ2v) is 6.35. The van der Waals surface area contributed by atoms with E-state index < -0.39 is 0 Å². The summed E-state index contributed by atoms with van der Waals surface area (Å²) in [6.07, 6.45) is 1.99. The number of hydrogen-bond donors (Lipinski definition) is 2. The number of amides is 2. The molecule has 1 aliphatic rings. The molecule has 2 amide bonds. The molecule has 0 aromatic heterocycles. The molecular weight excluding hydrogens is 272 g/mol. The predicted octanol–water partition coefficient (Wildman–Crippen LogP) is 4.42. The number of urea groups is 1. The van der Waals surface area contributed by atoms with Crippen LogP contribution in [0.2, 0.25) is 0 Å². The molecule has 0 saturated heterocycles. The molecule has 0 atom stereocenters. The lowest BCUT2D eigenvalue weighted by Crippen LogP contribution is -2.38. The SMILES string of the molecule is Cc1ccc(C2(NC(=O)Nc3cc(C)ccc3C)CC2)cc1. The second kappa shape index (κ2) is 5.48. The Labute approximate surface area is 131 Å². The Bertz CT molecular complexity index is 700. The maximum Gasteiger partial charge on any atom is 0.319 e. The van der Waals surface area contributed by atoms with Crippen molar-refractivity contribution in [1.29, 1.82) is 0 Å². The van der Waals surface area contributed by atoms with Gasteiger partial charge in [-0.1, -0.05) is 42.0 Å². The topological polar surface area (TPSA) is 41.1 Å². The molecule has 2 aromatic rings. The van der Waals surface area contributed by atoms with Gasteiger partial charge in [-0.15, -0.1) is 0 Å². The molecular formula is C19H22N2O. The molecule has 1 fully saturated rings. The van der Waals surface area contributed by atoms with Crippen LogP contribution in [-0.2, 0) is 5.54 Å². The summed E-state index contributed by atoms with van der Waals surface area (Å²) in [4.78, 5) is 12.3. The van der Waals surface area contributed by atoms with Crippen LogP contribution < -0.4 is 10.6 Å². The molecule has 3 rings (SSSR count). The molecule has 2 aromatic carbocycles. The van der Waals surface area contributed by atoms with E-state index in [9.17, 15) is 4.79 Å². The van der Waals surface area contributed by atoms with E-state index in [0.29, 0.717) is 0 Å². The van der Waals surface area contributed by atoms with Gasteiger partial charge in [0.25, 0.3) is 0 Å². The number of anilines is 1. The highest BCUT2D eigenvalue weighted by Crippen LogP contribution is 2.45. The van der Waals surface area contributed by atoms with Gasteiger partial charge in [0.2, 0.25) is 0 Å². The lowest BCUT2D eigenvalue weighted by Gasteiger charge is -2.19. The van der Waals surface area contributed by atoms with Crippen molar-refractivity contribution in [2.75, 3.05) is 5.32 Å². The van der Waals surface area contributed by atoms with Crippen molar-refractivity contribution in [3.63, 3.8) is 0 Å². The first-order chi connectivity index (χ1) is 10.5. The van der Waals surface area contributed by atoms with Crippen molar-refractivity contribution in [2.45, 2.75) is 39.2 Å². The summed E-state index contributed by atoms with van der Waals surface area (Å²) in [5, 5.41) is 6.13. The average molecular weight is 294 g/mol. The van der Waals surface area contributed by atoms with Gasteiger partial charge < -0.3 is 10.6 Å². The van der Waals surface area contributed by atoms with Crippen LogP contribution in [0.1, 0.15) is 35.1 Å². The zero-order valence-electron chi connectivity index (χ0n) is 13.4. The summed E-state index contributed by atoms with van der Waals surface area (Å²) in [6.45, 7) is 6.10. The smallest absolute Gasteiger partial charge is 0.319 e. The number of benzene rings is 2. The first-order valence-corrected chi connectivity index (χ1v) is 7.72. The monoisotopic (exact) mass is 294 g/mol. The van der Waals surface area contributed by atoms with Crippen molar-refractivity contribution in [3.8, 4) is 0 Å². The van der Waals surface area contributed by atoms with Gasteiger partial charge in [0.05, 0.1) is 5.54 Å². The summed E-state index contributed by atoms with van der Waals surface area (Å²) in [7, 11) is 0. The molecule has 114 valence electrons. The Hall–Kier alpha value is -2.29. The Morgan fingerprint density at radius 3 is 2.23 bits per heavy atom. The summed E-state index contributed by atoms with van der Waals surface area (Å²) >= 11 is 0. The van der Waals surface area contributed by atoms with Crippen molar-refractivity contribution in [1.82, 2.24) is 5.32 Å². The fraction of sp³-hybridized carbons (Fsp3) is 0.316. The van der Waals surface area contributed by atoms with E-state index >= 15 is 0 Å². The molecule has 22 heavy (non-hydrogen) atoms. The molecule has 0 heterocycles. The quantitative estimate of drug-likeness (QED) is 0.864. The number of carbonyl (C=O) groups is 1. The zero-order chi connectivity index (χ0) is 15.7. The average Bonchev–Trinajstić information content (AvgIpc) is 3.24. The van der Waals surface area contributed by atoms with Gasteiger partial charge in [-0.3, -0.25) is 0 Å². The molecule has 2 N–H and O–H groups in total. The minimum atomic E-state index is -0.185. The van der Waals surface area contributed by atoms with Crippen molar-refractivity contribution >= 4 is 11.7 Å². The molecule has 0 radical (unpaired) electrons. The van der Waals surface area contributed by atoms with Crippen LogP contribution in [0, 0.1) is 20.8 Å². The van der Waals surface area contributed by atoms with Gasteiger partial charge in [0.15, 0.2) is 0 Å². The van der Waals surface area contributed by atoms with E-state index in [1.807, 2.05) is 32.0 Å². The molecule has 3 heteroatoms. The summed E-state index contributed by atoms with van der Waals surface area (Å²) < 4.78 is 0. The molecule has 0 bridgehead atoms. The zero-order valence-corrected chi connectivity index (χ0v) is 13.4. The van der Waals surface area contributed by atoms with E-state index in [1.54, 1.807) is 0 Å². The fourth-order valence-electron chi connectivity index (χ4n) is 2.72. The van der Waals surface area contributed by atoms with Gasteiger partial charge >= 0.3 is 6.03 Å². The predicted molar refractivity (Wildman–Crippen MR) is 90.2 cm³/mol. The number of nitrogens with one attached hydrogen (secondary N) is 2. The highest BCUT2D eigenvalue weighted by molar-refractivity contribution is 5.91. The molecule has 0 spiro atoms. The Morgan fingerprint density at radius 1 is 0.955 bits per heavy atom. The van der Waals surface area contributed by atoms with Crippen LogP contribution in [0.5, 0.6) is 0 Å². The van der Waals surface area contributed by atoms with E-state index in [-0.39, 0.29) is 11.6 Å². The largest absolute Gasteiger partial charge is 0.328 e. The van der Waals surface area contributed by atoms with E-state index in [0.717, 1.165) is 29.7 Å². The fourth-order valence-corrected chi connectivity index (χ4v) is 2.72. The molecule has 0 aliphatic heterocycles. The Morgan fingerprint density at radius 2 is 1.59 bits per heavy atom. The van der Waals surface area contributed by atoms with Crippen LogP contribution in [-0.4, -0.2) is 6.03 Å². The lowest BCUT2D eigenvalue weighted by atomic mass is 10.0. The molecule has 1 saturated carbocycles. The van der Waals surface area contributed by atoms with Crippen LogP contribution in [0.4, 0.5) is 10.5 Å². The summed E-state index contributed by atoms with van der Waals surface area (Å²) in [5.74, 6) is 0. The molecule has 3 nitrogen and oxygen atoms in total. The van der Waals surface area contributed by atoms with E-state index in [1.165, 1.54) is 11.1 Å². The van der Waals surface area contributed by atoms with Crippen molar-refractivity contribution in [2.24, 2.45) is 0 Å². The third kappa shape index (κ3) is 2.98. The van der Waals surface area contributed by atoms with Crippen LogP contribution in [0.15, 0.2) is 42.5 Å². The number of rotatable bonds is 3. The first-order valence-electron chi connectivity index (χ1n) is 7.72. The normalized spacial score (nSPS) is 15.2. The molecule has 1 aliphatic carbocycles. The van der Waals surface area contributed by atoms with E-state index in [2.05, 4.69) is 41.8 Å². The van der Waals surface area contributed by atoms with Gasteiger partial charge in [-0.25, -0.2) is 4.79 Å². The molecule has 0 unspecified atom stereocenters. The van der Waals surface area contributed by atoms with Gasteiger partial charge in [0.1, 0.15) is 0 Å². The number of carbonyl (C=O) groups excluding carboxylic acids is 1. The van der Waals surface area contributed by atoms with Crippen LogP contribution in [0.3, 0.4) is 0 Å². The highest BCUT2D eigenvalue weighted by Gasteiger charge is 2.45. The maximum absolute atomic E-state index is 12.3. The van der Waals surface area contributed by atoms with Crippen molar-refractivity contribution in [3.05, 3.63) is 64.7 Å². The standard InChI is InChI=1S/C19H22N2O/c1-13-5-8-16(9-6-13)19(10-11-19)21-18(22)20-17-12-14(2)4-7-15(17)3/h4-9,12H,10-11H2,1-3H3,(H2,20,21,22).